The topological polar surface area (TPSA) is 37.9 Å². The molecular weight excluding hydrogens is 341 g/mol. The van der Waals surface area contributed by atoms with Crippen molar-refractivity contribution < 1.29 is 9.29 Å². The Morgan fingerprint density at radius 3 is 2.56 bits per heavy atom. The molecule has 0 bridgehead atoms. The normalized spacial score (nSPS) is 18.1. The number of fused-ring (bicyclic) bond motifs is 2. The van der Waals surface area contributed by atoms with Crippen molar-refractivity contribution in [3.8, 4) is 11.3 Å². The van der Waals surface area contributed by atoms with Crippen molar-refractivity contribution in [2.75, 3.05) is 38.1 Å². The van der Waals surface area contributed by atoms with Crippen LogP contribution in [-0.4, -0.2) is 47.8 Å². The highest BCUT2D eigenvalue weighted by molar-refractivity contribution is 5.67. The number of hydrogen-bond donors (Lipinski definition) is 1. The number of aryl methyl sites for hydroxylation is 1. The Kier molecular flexibility index (Phi) is 4.08. The largest absolute Gasteiger partial charge is 0.345 e. The van der Waals surface area contributed by atoms with Gasteiger partial charge in [0, 0.05) is 22.9 Å². The number of halogens is 1. The summed E-state index contributed by atoms with van der Waals surface area (Å²) < 4.78 is 15.3. The van der Waals surface area contributed by atoms with Gasteiger partial charge in [0.15, 0.2) is 5.65 Å². The third-order valence-corrected chi connectivity index (χ3v) is 5.91. The number of likely N-dealkylation sites (N-methyl/N-ethyl adjacent to an activating group) is 1. The van der Waals surface area contributed by atoms with Crippen molar-refractivity contribution >= 4 is 11.5 Å². The quantitative estimate of drug-likeness (QED) is 0.751. The van der Waals surface area contributed by atoms with Crippen LogP contribution in [0.5, 0.6) is 0 Å². The number of piperazine rings is 1. The number of nitrogens with one attached hydrogen (secondary N) is 1. The molecule has 1 fully saturated rings. The minimum atomic E-state index is -0.225. The van der Waals surface area contributed by atoms with Crippen LogP contribution in [0.4, 0.5) is 10.2 Å². The molecular formula is C21H25FN5+. The molecule has 3 heterocycles. The van der Waals surface area contributed by atoms with Crippen LogP contribution >= 0.6 is 0 Å². The van der Waals surface area contributed by atoms with Crippen molar-refractivity contribution in [3.63, 3.8) is 0 Å². The molecule has 1 saturated heterocycles. The number of hydrogen-bond acceptors (Lipinski definition) is 3. The molecule has 1 N–H and O–H groups in total. The number of nitrogens with zero attached hydrogens (tertiary/aromatic N) is 4. The maximum absolute atomic E-state index is 13.3. The van der Waals surface area contributed by atoms with Gasteiger partial charge >= 0.3 is 0 Å². The first-order chi connectivity index (χ1) is 13.2. The van der Waals surface area contributed by atoms with Crippen LogP contribution in [0.3, 0.4) is 0 Å². The van der Waals surface area contributed by atoms with E-state index in [0.717, 1.165) is 55.9 Å². The monoisotopic (exact) mass is 366 g/mol. The molecule has 0 amide bonds. The third kappa shape index (κ3) is 2.98. The zero-order chi connectivity index (χ0) is 18.4. The second-order valence-electron chi connectivity index (χ2n) is 7.82. The number of quaternary nitrogens is 1. The summed E-state index contributed by atoms with van der Waals surface area (Å²) in [5.74, 6) is 1.01. The van der Waals surface area contributed by atoms with E-state index in [-0.39, 0.29) is 5.82 Å². The molecule has 0 unspecified atom stereocenters. The maximum Gasteiger partial charge on any atom is 0.158 e. The predicted octanol–water partition coefficient (Wildman–Crippen LogP) is 1.75. The smallest absolute Gasteiger partial charge is 0.158 e. The second-order valence-corrected chi connectivity index (χ2v) is 7.82. The molecule has 3 aromatic rings. The molecule has 2 aliphatic rings. The maximum atomic E-state index is 13.3. The van der Waals surface area contributed by atoms with E-state index in [0.29, 0.717) is 0 Å². The van der Waals surface area contributed by atoms with E-state index in [1.54, 1.807) is 17.0 Å². The Labute approximate surface area is 158 Å². The Morgan fingerprint density at radius 2 is 1.78 bits per heavy atom. The van der Waals surface area contributed by atoms with Crippen LogP contribution in [0.2, 0.25) is 0 Å². The van der Waals surface area contributed by atoms with Gasteiger partial charge in [-0.2, -0.15) is 9.61 Å². The molecule has 1 aliphatic heterocycles. The van der Waals surface area contributed by atoms with Crippen LogP contribution in [0.15, 0.2) is 30.3 Å². The van der Waals surface area contributed by atoms with Crippen molar-refractivity contribution in [1.82, 2.24) is 14.6 Å². The lowest BCUT2D eigenvalue weighted by Crippen LogP contribution is -3.12. The first-order valence-corrected chi connectivity index (χ1v) is 9.93. The van der Waals surface area contributed by atoms with Gasteiger partial charge in [-0.25, -0.2) is 9.37 Å². The van der Waals surface area contributed by atoms with Crippen molar-refractivity contribution in [2.45, 2.75) is 25.7 Å². The predicted molar refractivity (Wildman–Crippen MR) is 104 cm³/mol. The van der Waals surface area contributed by atoms with E-state index >= 15 is 0 Å². The first kappa shape index (κ1) is 16.7. The van der Waals surface area contributed by atoms with Crippen molar-refractivity contribution in [1.29, 1.82) is 0 Å². The summed E-state index contributed by atoms with van der Waals surface area (Å²) in [4.78, 5) is 9.02. The molecule has 5 nitrogen and oxygen atoms in total. The van der Waals surface area contributed by atoms with Gasteiger partial charge in [0.1, 0.15) is 11.6 Å². The average molecular weight is 366 g/mol. The van der Waals surface area contributed by atoms with Crippen LogP contribution in [0.25, 0.3) is 16.9 Å². The minimum absolute atomic E-state index is 0.225. The van der Waals surface area contributed by atoms with Gasteiger partial charge in [-0.05, 0) is 49.9 Å². The van der Waals surface area contributed by atoms with E-state index in [2.05, 4.69) is 11.9 Å². The molecule has 1 aromatic carbocycles. The molecule has 0 saturated carbocycles. The van der Waals surface area contributed by atoms with E-state index in [9.17, 15) is 4.39 Å². The fourth-order valence-corrected chi connectivity index (χ4v) is 4.31. The molecule has 27 heavy (non-hydrogen) atoms. The molecule has 0 spiro atoms. The summed E-state index contributed by atoms with van der Waals surface area (Å²) in [6.07, 6.45) is 4.56. The fourth-order valence-electron chi connectivity index (χ4n) is 4.31. The van der Waals surface area contributed by atoms with Gasteiger partial charge in [-0.1, -0.05) is 0 Å². The van der Waals surface area contributed by atoms with Crippen LogP contribution in [0, 0.1) is 5.82 Å². The highest BCUT2D eigenvalue weighted by Crippen LogP contribution is 2.32. The molecule has 1 aliphatic carbocycles. The Hall–Kier alpha value is -2.47. The van der Waals surface area contributed by atoms with Crippen molar-refractivity contribution in [2.24, 2.45) is 0 Å². The highest BCUT2D eigenvalue weighted by Gasteiger charge is 2.26. The Balaban J connectivity index is 1.66. The zero-order valence-corrected chi connectivity index (χ0v) is 15.7. The van der Waals surface area contributed by atoms with Crippen molar-refractivity contribution in [3.05, 3.63) is 47.4 Å². The molecule has 2 aromatic heterocycles. The standard InChI is InChI=1S/C21H24FN5/c1-25-10-12-26(13-11-25)21-17-4-2-3-5-18(17)23-20-14-19(24-27(20)21)15-6-8-16(22)9-7-15/h6-9,14H,2-5,10-13H2,1H3/p+1. The number of aromatic nitrogens is 3. The summed E-state index contributed by atoms with van der Waals surface area (Å²) >= 11 is 0. The lowest BCUT2D eigenvalue weighted by atomic mass is 9.96. The molecule has 5 rings (SSSR count). The van der Waals surface area contributed by atoms with Gasteiger partial charge in [-0.3, -0.25) is 0 Å². The molecule has 0 radical (unpaired) electrons. The van der Waals surface area contributed by atoms with E-state index in [1.165, 1.54) is 42.0 Å². The first-order valence-electron chi connectivity index (χ1n) is 9.93. The summed E-state index contributed by atoms with van der Waals surface area (Å²) in [7, 11) is 2.26. The average Bonchev–Trinajstić information content (AvgIpc) is 3.11. The number of benzene rings is 1. The van der Waals surface area contributed by atoms with Gasteiger partial charge in [0.2, 0.25) is 0 Å². The lowest BCUT2D eigenvalue weighted by Gasteiger charge is -2.34. The van der Waals surface area contributed by atoms with Gasteiger partial charge in [0.05, 0.1) is 38.9 Å². The molecule has 0 atom stereocenters. The van der Waals surface area contributed by atoms with Crippen LogP contribution < -0.4 is 9.80 Å². The molecule has 140 valence electrons. The Bertz CT molecular complexity index is 970. The zero-order valence-electron chi connectivity index (χ0n) is 15.7. The third-order valence-electron chi connectivity index (χ3n) is 5.91. The number of anilines is 1. The summed E-state index contributed by atoms with van der Waals surface area (Å²) in [5.41, 5.74) is 5.29. The number of rotatable bonds is 2. The van der Waals surface area contributed by atoms with Gasteiger partial charge < -0.3 is 9.80 Å². The summed E-state index contributed by atoms with van der Waals surface area (Å²) in [6.45, 7) is 4.38. The molecule has 6 heteroatoms. The van der Waals surface area contributed by atoms with Gasteiger partial charge in [0.25, 0.3) is 0 Å². The van der Waals surface area contributed by atoms with Crippen LogP contribution in [0.1, 0.15) is 24.1 Å². The Morgan fingerprint density at radius 1 is 1.04 bits per heavy atom. The highest BCUT2D eigenvalue weighted by atomic mass is 19.1. The second kappa shape index (κ2) is 6.60. The lowest BCUT2D eigenvalue weighted by molar-refractivity contribution is -0.880. The van der Waals surface area contributed by atoms with Crippen LogP contribution in [-0.2, 0) is 12.8 Å². The minimum Gasteiger partial charge on any atom is -0.345 e. The van der Waals surface area contributed by atoms with Gasteiger partial charge in [-0.15, -0.1) is 0 Å². The SMILES string of the molecule is C[NH+]1CCN(c2c3c(nc4cc(-c5ccc(F)cc5)nn24)CCCC3)CC1. The van der Waals surface area contributed by atoms with E-state index in [1.807, 2.05) is 10.6 Å². The summed E-state index contributed by atoms with van der Waals surface area (Å²) in [6, 6.07) is 8.59. The summed E-state index contributed by atoms with van der Waals surface area (Å²) in [5, 5.41) is 4.90. The van der Waals surface area contributed by atoms with E-state index in [4.69, 9.17) is 10.1 Å². The fraction of sp³-hybridized carbons (Fsp3) is 0.429. The van der Waals surface area contributed by atoms with E-state index < -0.39 is 0 Å².